The van der Waals surface area contributed by atoms with Crippen LogP contribution in [-0.2, 0) is 11.3 Å². The molecule has 0 atom stereocenters. The van der Waals surface area contributed by atoms with E-state index in [9.17, 15) is 14.4 Å². The van der Waals surface area contributed by atoms with Crippen LogP contribution in [-0.4, -0.2) is 39.9 Å². The number of amides is 2. The molecule has 3 rings (SSSR count). The number of aryl methyl sites for hydroxylation is 1. The van der Waals surface area contributed by atoms with E-state index in [0.717, 1.165) is 12.8 Å². The molecule has 1 aromatic carbocycles. The molecule has 0 radical (unpaired) electrons. The molecule has 3 aromatic rings. The molecule has 0 aliphatic carbocycles. The molecule has 2 heterocycles. The number of nitrogens with zero attached hydrogens (tertiary/aromatic N) is 3. The fraction of sp³-hybridized carbons (Fsp3) is 0.417. The highest BCUT2D eigenvalue weighted by molar-refractivity contribution is 7.20. The molecule has 0 aliphatic heterocycles. The Kier molecular flexibility index (Phi) is 7.45. The van der Waals surface area contributed by atoms with Gasteiger partial charge in [-0.1, -0.05) is 39.3 Å². The van der Waals surface area contributed by atoms with Gasteiger partial charge < -0.3 is 10.2 Å². The molecule has 8 heteroatoms. The number of rotatable bonds is 8. The minimum absolute atomic E-state index is 0.104. The number of nitrogens with one attached hydrogen (secondary N) is 1. The van der Waals surface area contributed by atoms with Crippen LogP contribution in [0.25, 0.3) is 10.2 Å². The van der Waals surface area contributed by atoms with Crippen molar-refractivity contribution in [3.05, 3.63) is 57.0 Å². The maximum absolute atomic E-state index is 13.1. The third-order valence-corrected chi connectivity index (χ3v) is 6.67. The number of aromatic nitrogens is 2. The molecular formula is C24H30N4O3S. The highest BCUT2D eigenvalue weighted by Crippen LogP contribution is 2.28. The van der Waals surface area contributed by atoms with Gasteiger partial charge in [0.2, 0.25) is 5.91 Å². The first-order valence-corrected chi connectivity index (χ1v) is 11.7. The number of fused-ring (bicyclic) bond motifs is 1. The molecular weight excluding hydrogens is 424 g/mol. The average Bonchev–Trinajstić information content (AvgIpc) is 3.10. The molecule has 2 amide bonds. The summed E-state index contributed by atoms with van der Waals surface area (Å²) in [7, 11) is 1.77. The molecule has 0 saturated heterocycles. The fourth-order valence-corrected chi connectivity index (χ4v) is 4.59. The van der Waals surface area contributed by atoms with Crippen molar-refractivity contribution in [2.45, 2.75) is 53.0 Å². The summed E-state index contributed by atoms with van der Waals surface area (Å²) in [4.78, 5) is 45.5. The number of carbonyl (C=O) groups is 2. The maximum atomic E-state index is 13.1. The number of unbranched alkanes of at least 4 members (excludes halogenated alkanes) is 1. The first kappa shape index (κ1) is 23.7. The number of thiophene rings is 1. The molecule has 170 valence electrons. The third-order valence-electron chi connectivity index (χ3n) is 5.48. The second-order valence-corrected chi connectivity index (χ2v) is 9.32. The van der Waals surface area contributed by atoms with Crippen molar-refractivity contribution in [1.29, 1.82) is 0 Å². The molecule has 0 fully saturated rings. The minimum Gasteiger partial charge on any atom is -0.341 e. The maximum Gasteiger partial charge on any atom is 0.264 e. The van der Waals surface area contributed by atoms with Gasteiger partial charge >= 0.3 is 0 Å². The summed E-state index contributed by atoms with van der Waals surface area (Å²) >= 11 is 1.23. The normalized spacial score (nSPS) is 11.2. The number of hydrogen-bond acceptors (Lipinski definition) is 5. The van der Waals surface area contributed by atoms with Crippen LogP contribution in [0, 0.1) is 6.92 Å². The Balaban J connectivity index is 1.80. The lowest BCUT2D eigenvalue weighted by Gasteiger charge is -2.16. The van der Waals surface area contributed by atoms with E-state index in [2.05, 4.69) is 31.1 Å². The van der Waals surface area contributed by atoms with Gasteiger partial charge in [0, 0.05) is 19.3 Å². The lowest BCUT2D eigenvalue weighted by molar-refractivity contribution is -0.116. The van der Waals surface area contributed by atoms with Gasteiger partial charge in [0.25, 0.3) is 11.5 Å². The molecule has 0 saturated carbocycles. The predicted molar refractivity (Wildman–Crippen MR) is 130 cm³/mol. The summed E-state index contributed by atoms with van der Waals surface area (Å²) in [6.07, 6.45) is 3.29. The van der Waals surface area contributed by atoms with Crippen molar-refractivity contribution in [3.8, 4) is 0 Å². The topological polar surface area (TPSA) is 84.3 Å². The molecule has 1 N–H and O–H groups in total. The van der Waals surface area contributed by atoms with E-state index in [-0.39, 0.29) is 23.9 Å². The van der Waals surface area contributed by atoms with Crippen LogP contribution >= 0.6 is 11.3 Å². The van der Waals surface area contributed by atoms with Crippen LogP contribution in [0.2, 0.25) is 0 Å². The van der Waals surface area contributed by atoms with Crippen molar-refractivity contribution in [2.75, 3.05) is 18.9 Å². The molecule has 7 nitrogen and oxygen atoms in total. The van der Waals surface area contributed by atoms with Crippen LogP contribution in [0.4, 0.5) is 5.69 Å². The Morgan fingerprint density at radius 3 is 2.53 bits per heavy atom. The SMILES string of the molecule is CCCCN(C)C(=O)c1sc2ncn(CC(=O)Nc3ccc(C(C)C)cc3)c(=O)c2c1C. The summed E-state index contributed by atoms with van der Waals surface area (Å²) in [5.74, 6) is -0.00491. The van der Waals surface area contributed by atoms with Gasteiger partial charge in [-0.3, -0.25) is 19.0 Å². The molecule has 0 bridgehead atoms. The van der Waals surface area contributed by atoms with Gasteiger partial charge in [-0.15, -0.1) is 11.3 Å². The number of benzene rings is 1. The first-order valence-electron chi connectivity index (χ1n) is 10.9. The largest absolute Gasteiger partial charge is 0.341 e. The zero-order chi connectivity index (χ0) is 23.4. The Labute approximate surface area is 192 Å². The van der Waals surface area contributed by atoms with Gasteiger partial charge in [-0.25, -0.2) is 4.98 Å². The summed E-state index contributed by atoms with van der Waals surface area (Å²) in [6.45, 7) is 8.58. The van der Waals surface area contributed by atoms with E-state index < -0.39 is 0 Å². The van der Waals surface area contributed by atoms with Crippen LogP contribution in [0.1, 0.15) is 60.3 Å². The van der Waals surface area contributed by atoms with E-state index in [1.165, 1.54) is 27.8 Å². The van der Waals surface area contributed by atoms with Crippen LogP contribution in [0.5, 0.6) is 0 Å². The van der Waals surface area contributed by atoms with Crippen LogP contribution < -0.4 is 10.9 Å². The highest BCUT2D eigenvalue weighted by atomic mass is 32.1. The third kappa shape index (κ3) is 5.07. The second kappa shape index (κ2) is 10.1. The van der Waals surface area contributed by atoms with E-state index in [1.807, 2.05) is 24.3 Å². The van der Waals surface area contributed by atoms with E-state index >= 15 is 0 Å². The Hall–Kier alpha value is -3.00. The zero-order valence-electron chi connectivity index (χ0n) is 19.3. The lowest BCUT2D eigenvalue weighted by atomic mass is 10.0. The Morgan fingerprint density at radius 1 is 1.22 bits per heavy atom. The average molecular weight is 455 g/mol. The first-order chi connectivity index (χ1) is 15.2. The Morgan fingerprint density at radius 2 is 1.91 bits per heavy atom. The van der Waals surface area contributed by atoms with Crippen molar-refractivity contribution >= 4 is 39.1 Å². The van der Waals surface area contributed by atoms with Gasteiger partial charge in [0.15, 0.2) is 0 Å². The second-order valence-electron chi connectivity index (χ2n) is 8.32. The predicted octanol–water partition coefficient (Wildman–Crippen LogP) is 4.40. The number of carbonyl (C=O) groups excluding carboxylic acids is 2. The molecule has 0 aliphatic rings. The van der Waals surface area contributed by atoms with E-state index in [1.54, 1.807) is 18.9 Å². The molecule has 2 aromatic heterocycles. The van der Waals surface area contributed by atoms with Crippen LogP contribution in [0.15, 0.2) is 35.4 Å². The van der Waals surface area contributed by atoms with Crippen molar-refractivity contribution in [1.82, 2.24) is 14.5 Å². The van der Waals surface area contributed by atoms with Gasteiger partial charge in [-0.2, -0.15) is 0 Å². The smallest absolute Gasteiger partial charge is 0.264 e. The zero-order valence-corrected chi connectivity index (χ0v) is 20.1. The summed E-state index contributed by atoms with van der Waals surface area (Å²) in [5.41, 5.74) is 2.17. The lowest BCUT2D eigenvalue weighted by Crippen LogP contribution is -2.28. The monoisotopic (exact) mass is 454 g/mol. The van der Waals surface area contributed by atoms with E-state index in [0.29, 0.717) is 38.8 Å². The van der Waals surface area contributed by atoms with Crippen molar-refractivity contribution in [3.63, 3.8) is 0 Å². The summed E-state index contributed by atoms with van der Waals surface area (Å²) < 4.78 is 1.29. The summed E-state index contributed by atoms with van der Waals surface area (Å²) in [5, 5.41) is 3.22. The summed E-state index contributed by atoms with van der Waals surface area (Å²) in [6, 6.07) is 7.66. The van der Waals surface area contributed by atoms with Gasteiger partial charge in [0.05, 0.1) is 16.6 Å². The van der Waals surface area contributed by atoms with Crippen molar-refractivity contribution in [2.24, 2.45) is 0 Å². The number of hydrogen-bond donors (Lipinski definition) is 1. The Bertz CT molecular complexity index is 1180. The molecule has 0 unspecified atom stereocenters. The van der Waals surface area contributed by atoms with E-state index in [4.69, 9.17) is 0 Å². The van der Waals surface area contributed by atoms with Gasteiger partial charge in [-0.05, 0) is 42.5 Å². The number of anilines is 1. The molecule has 32 heavy (non-hydrogen) atoms. The standard InChI is InChI=1S/C24H30N4O3S/c1-6-7-12-27(5)24(31)21-16(4)20-22(32-21)25-14-28(23(20)30)13-19(29)26-18-10-8-17(9-11-18)15(2)3/h8-11,14-15H,6-7,12-13H2,1-5H3,(H,26,29). The highest BCUT2D eigenvalue weighted by Gasteiger charge is 2.22. The van der Waals surface area contributed by atoms with Crippen LogP contribution in [0.3, 0.4) is 0 Å². The van der Waals surface area contributed by atoms with Gasteiger partial charge in [0.1, 0.15) is 11.4 Å². The van der Waals surface area contributed by atoms with Crippen molar-refractivity contribution < 1.29 is 9.59 Å². The fourth-order valence-electron chi connectivity index (χ4n) is 3.45. The minimum atomic E-state index is -0.315. The molecule has 0 spiro atoms. The quantitative estimate of drug-likeness (QED) is 0.547.